The SMILES string of the molecule is CC(C(=O)Nc1cccc(NC(=O)C2CC(=O)N(c3ccc4c(c3)OCO4)C2)c1)n1cccn1. The Bertz CT molecular complexity index is 1240. The summed E-state index contributed by atoms with van der Waals surface area (Å²) in [6.07, 6.45) is 3.44. The van der Waals surface area contributed by atoms with Crippen LogP contribution in [-0.2, 0) is 14.4 Å². The lowest BCUT2D eigenvalue weighted by atomic mass is 10.1. The summed E-state index contributed by atoms with van der Waals surface area (Å²) in [6, 6.07) is 13.4. The largest absolute Gasteiger partial charge is 0.454 e. The normalized spacial score (nSPS) is 17.5. The number of ether oxygens (including phenoxy) is 2. The van der Waals surface area contributed by atoms with Gasteiger partial charge in [-0.1, -0.05) is 6.07 Å². The number of hydrogen-bond acceptors (Lipinski definition) is 6. The summed E-state index contributed by atoms with van der Waals surface area (Å²) in [5, 5.41) is 9.78. The molecule has 10 heteroatoms. The van der Waals surface area contributed by atoms with Crippen LogP contribution in [0.25, 0.3) is 0 Å². The van der Waals surface area contributed by atoms with Crippen LogP contribution >= 0.6 is 0 Å². The zero-order chi connectivity index (χ0) is 23.7. The van der Waals surface area contributed by atoms with E-state index in [2.05, 4.69) is 15.7 Å². The van der Waals surface area contributed by atoms with Gasteiger partial charge in [-0.3, -0.25) is 19.1 Å². The number of fused-ring (bicyclic) bond motifs is 1. The fourth-order valence-corrected chi connectivity index (χ4v) is 3.98. The number of rotatable bonds is 6. The van der Waals surface area contributed by atoms with E-state index >= 15 is 0 Å². The molecule has 10 nitrogen and oxygen atoms in total. The van der Waals surface area contributed by atoms with Crippen LogP contribution in [0.5, 0.6) is 11.5 Å². The Hall–Kier alpha value is -4.34. The highest BCUT2D eigenvalue weighted by atomic mass is 16.7. The molecule has 2 aliphatic heterocycles. The van der Waals surface area contributed by atoms with Crippen LogP contribution in [0.4, 0.5) is 17.1 Å². The predicted molar refractivity (Wildman–Crippen MR) is 124 cm³/mol. The fraction of sp³-hybridized carbons (Fsp3) is 0.250. The molecule has 5 rings (SSSR count). The highest BCUT2D eigenvalue weighted by Gasteiger charge is 2.35. The summed E-state index contributed by atoms with van der Waals surface area (Å²) in [4.78, 5) is 39.6. The average molecular weight is 461 g/mol. The van der Waals surface area contributed by atoms with Gasteiger partial charge in [0.05, 0.1) is 5.92 Å². The van der Waals surface area contributed by atoms with Gasteiger partial charge in [0, 0.05) is 48.5 Å². The van der Waals surface area contributed by atoms with Crippen molar-refractivity contribution in [1.29, 1.82) is 0 Å². The molecule has 2 unspecified atom stereocenters. The topological polar surface area (TPSA) is 115 Å². The third kappa shape index (κ3) is 4.29. The second kappa shape index (κ2) is 8.89. The molecule has 1 fully saturated rings. The molecular weight excluding hydrogens is 438 g/mol. The summed E-state index contributed by atoms with van der Waals surface area (Å²) in [5.74, 6) is 0.0937. The van der Waals surface area contributed by atoms with E-state index in [9.17, 15) is 14.4 Å². The van der Waals surface area contributed by atoms with Gasteiger partial charge in [0.2, 0.25) is 24.5 Å². The maximum atomic E-state index is 12.9. The third-order valence-electron chi connectivity index (χ3n) is 5.86. The van der Waals surface area contributed by atoms with Crippen LogP contribution in [0.15, 0.2) is 60.9 Å². The fourth-order valence-electron chi connectivity index (χ4n) is 3.98. The van der Waals surface area contributed by atoms with Crippen molar-refractivity contribution < 1.29 is 23.9 Å². The number of aromatic nitrogens is 2. The van der Waals surface area contributed by atoms with Crippen molar-refractivity contribution in [2.24, 2.45) is 5.92 Å². The number of carbonyl (C=O) groups excluding carboxylic acids is 3. The van der Waals surface area contributed by atoms with Gasteiger partial charge in [0.1, 0.15) is 6.04 Å². The summed E-state index contributed by atoms with van der Waals surface area (Å²) >= 11 is 0. The Kier molecular flexibility index (Phi) is 5.62. The zero-order valence-corrected chi connectivity index (χ0v) is 18.4. The minimum absolute atomic E-state index is 0.109. The standard InChI is InChI=1S/C24H23N5O5/c1-15(29-9-3-8-25-29)23(31)26-17-4-2-5-18(11-17)27-24(32)16-10-22(30)28(13-16)19-6-7-20-21(12-19)34-14-33-20/h2-9,11-12,15-16H,10,13-14H2,1H3,(H,26,31)(H,27,32). The van der Waals surface area contributed by atoms with Gasteiger partial charge in [0.15, 0.2) is 11.5 Å². The highest BCUT2D eigenvalue weighted by Crippen LogP contribution is 2.37. The summed E-state index contributed by atoms with van der Waals surface area (Å²) in [6.45, 7) is 2.17. The number of nitrogens with one attached hydrogen (secondary N) is 2. The monoisotopic (exact) mass is 461 g/mol. The molecule has 0 aliphatic carbocycles. The van der Waals surface area contributed by atoms with Crippen molar-refractivity contribution in [3.8, 4) is 11.5 Å². The van der Waals surface area contributed by atoms with E-state index in [0.717, 1.165) is 0 Å². The maximum absolute atomic E-state index is 12.9. The number of hydrogen-bond donors (Lipinski definition) is 2. The molecule has 0 radical (unpaired) electrons. The van der Waals surface area contributed by atoms with E-state index in [0.29, 0.717) is 28.6 Å². The summed E-state index contributed by atoms with van der Waals surface area (Å²) < 4.78 is 12.3. The van der Waals surface area contributed by atoms with E-state index in [-0.39, 0.29) is 37.5 Å². The molecule has 1 saturated heterocycles. The quantitative estimate of drug-likeness (QED) is 0.583. The van der Waals surface area contributed by atoms with Crippen LogP contribution in [0.2, 0.25) is 0 Å². The molecule has 3 aromatic rings. The Morgan fingerprint density at radius 2 is 1.85 bits per heavy atom. The van der Waals surface area contributed by atoms with Gasteiger partial charge in [-0.25, -0.2) is 0 Å². The Labute approximate surface area is 195 Å². The molecule has 2 aromatic carbocycles. The van der Waals surface area contributed by atoms with E-state index in [1.54, 1.807) is 77.4 Å². The first kappa shape index (κ1) is 21.5. The predicted octanol–water partition coefficient (Wildman–Crippen LogP) is 2.80. The molecule has 3 heterocycles. The van der Waals surface area contributed by atoms with Crippen molar-refractivity contribution >= 4 is 34.8 Å². The molecule has 0 bridgehead atoms. The van der Waals surface area contributed by atoms with E-state index in [1.807, 2.05) is 0 Å². The van der Waals surface area contributed by atoms with Crippen LogP contribution in [0.1, 0.15) is 19.4 Å². The molecule has 3 amide bonds. The minimum atomic E-state index is -0.504. The summed E-state index contributed by atoms with van der Waals surface area (Å²) in [5.41, 5.74) is 1.75. The Balaban J connectivity index is 1.22. The minimum Gasteiger partial charge on any atom is -0.454 e. The van der Waals surface area contributed by atoms with Gasteiger partial charge in [-0.15, -0.1) is 0 Å². The number of anilines is 3. The lowest BCUT2D eigenvalue weighted by Crippen LogP contribution is -2.28. The van der Waals surface area contributed by atoms with Crippen molar-refractivity contribution in [3.63, 3.8) is 0 Å². The number of nitrogens with zero attached hydrogens (tertiary/aromatic N) is 3. The first-order valence-corrected chi connectivity index (χ1v) is 10.9. The van der Waals surface area contributed by atoms with E-state index in [1.165, 1.54) is 0 Å². The zero-order valence-electron chi connectivity index (χ0n) is 18.4. The van der Waals surface area contributed by atoms with Crippen LogP contribution in [0, 0.1) is 5.92 Å². The maximum Gasteiger partial charge on any atom is 0.248 e. The number of benzene rings is 2. The van der Waals surface area contributed by atoms with Gasteiger partial charge in [-0.2, -0.15) is 5.10 Å². The average Bonchev–Trinajstić information content (AvgIpc) is 3.59. The van der Waals surface area contributed by atoms with Crippen LogP contribution in [-0.4, -0.2) is 40.8 Å². The van der Waals surface area contributed by atoms with Crippen LogP contribution < -0.4 is 25.0 Å². The molecule has 0 saturated carbocycles. The second-order valence-corrected chi connectivity index (χ2v) is 8.16. The second-order valence-electron chi connectivity index (χ2n) is 8.16. The lowest BCUT2D eigenvalue weighted by molar-refractivity contribution is -0.122. The number of carbonyl (C=O) groups is 3. The van der Waals surface area contributed by atoms with Gasteiger partial charge in [0.25, 0.3) is 0 Å². The van der Waals surface area contributed by atoms with E-state index in [4.69, 9.17) is 9.47 Å². The Morgan fingerprint density at radius 3 is 2.65 bits per heavy atom. The summed E-state index contributed by atoms with van der Waals surface area (Å²) in [7, 11) is 0. The molecule has 2 aliphatic rings. The smallest absolute Gasteiger partial charge is 0.248 e. The number of amides is 3. The van der Waals surface area contributed by atoms with Gasteiger partial charge in [-0.05, 0) is 43.3 Å². The third-order valence-corrected chi connectivity index (χ3v) is 5.86. The van der Waals surface area contributed by atoms with E-state index < -0.39 is 12.0 Å². The first-order valence-electron chi connectivity index (χ1n) is 10.9. The van der Waals surface area contributed by atoms with Crippen molar-refractivity contribution in [1.82, 2.24) is 9.78 Å². The molecule has 2 N–H and O–H groups in total. The van der Waals surface area contributed by atoms with Crippen molar-refractivity contribution in [3.05, 3.63) is 60.9 Å². The molecule has 1 aromatic heterocycles. The van der Waals surface area contributed by atoms with Gasteiger partial charge < -0.3 is 25.0 Å². The first-order chi connectivity index (χ1) is 16.5. The molecule has 174 valence electrons. The lowest BCUT2D eigenvalue weighted by Gasteiger charge is -2.17. The highest BCUT2D eigenvalue weighted by molar-refractivity contribution is 6.04. The molecule has 34 heavy (non-hydrogen) atoms. The van der Waals surface area contributed by atoms with Crippen LogP contribution in [0.3, 0.4) is 0 Å². The molecular formula is C24H23N5O5. The van der Waals surface area contributed by atoms with Gasteiger partial charge >= 0.3 is 0 Å². The Morgan fingerprint density at radius 1 is 1.06 bits per heavy atom. The van der Waals surface area contributed by atoms with Crippen molar-refractivity contribution in [2.45, 2.75) is 19.4 Å². The molecule has 2 atom stereocenters. The van der Waals surface area contributed by atoms with Crippen molar-refractivity contribution in [2.75, 3.05) is 28.9 Å². The molecule has 0 spiro atoms.